The summed E-state index contributed by atoms with van der Waals surface area (Å²) in [5.41, 5.74) is 0.454. The number of amides is 2. The predicted molar refractivity (Wildman–Crippen MR) is 104 cm³/mol. The molecule has 0 spiro atoms. The molecule has 0 aromatic heterocycles. The Kier molecular flexibility index (Phi) is 11.0. The van der Waals surface area contributed by atoms with Crippen molar-refractivity contribution in [3.05, 3.63) is 17.1 Å². The van der Waals surface area contributed by atoms with Gasteiger partial charge >= 0.3 is 6.03 Å². The summed E-state index contributed by atoms with van der Waals surface area (Å²) in [5, 5.41) is 44.4. The molecule has 168 valence electrons. The number of carbonyl (C=O) groups is 1. The molecular weight excluding hydrogens is 410 g/mol. The lowest BCUT2D eigenvalue weighted by Crippen LogP contribution is -2.65. The van der Waals surface area contributed by atoms with Gasteiger partial charge in [-0.05, 0) is 13.3 Å². The summed E-state index contributed by atoms with van der Waals surface area (Å²) in [6, 6.07) is -0.990. The van der Waals surface area contributed by atoms with Crippen LogP contribution in [-0.4, -0.2) is 98.9 Å². The average molecular weight is 440 g/mol. The first-order valence-electron chi connectivity index (χ1n) is 9.30. The summed E-state index contributed by atoms with van der Waals surface area (Å²) in [7, 11) is 0. The van der Waals surface area contributed by atoms with Crippen LogP contribution >= 0.6 is 11.6 Å². The van der Waals surface area contributed by atoms with Gasteiger partial charge in [0.2, 0.25) is 0 Å². The number of hydrogen-bond donors (Lipinski definition) is 4. The zero-order valence-electron chi connectivity index (χ0n) is 16.6. The second kappa shape index (κ2) is 12.4. The summed E-state index contributed by atoms with van der Waals surface area (Å²) >= 11 is 5.56. The van der Waals surface area contributed by atoms with Crippen molar-refractivity contribution >= 4 is 17.6 Å². The first kappa shape index (κ1) is 25.7. The molecule has 1 aliphatic heterocycles. The van der Waals surface area contributed by atoms with Crippen molar-refractivity contribution < 1.29 is 34.7 Å². The van der Waals surface area contributed by atoms with E-state index in [-0.39, 0.29) is 25.6 Å². The Morgan fingerprint density at radius 3 is 2.48 bits per heavy atom. The minimum atomic E-state index is -1.81. The maximum Gasteiger partial charge on any atom is 0.345 e. The van der Waals surface area contributed by atoms with Crippen LogP contribution in [0.5, 0.6) is 0 Å². The number of nitrogens with zero attached hydrogens (tertiary/aromatic N) is 3. The molecule has 1 fully saturated rings. The van der Waals surface area contributed by atoms with Crippen LogP contribution in [0.2, 0.25) is 0 Å². The maximum atomic E-state index is 12.6. The Morgan fingerprint density at radius 2 is 1.97 bits per heavy atom. The van der Waals surface area contributed by atoms with Crippen LogP contribution in [0, 0.1) is 4.91 Å². The van der Waals surface area contributed by atoms with E-state index in [9.17, 15) is 30.1 Å². The average Bonchev–Trinajstić information content (AvgIpc) is 2.69. The number of aliphatic hydroxyl groups excluding tert-OH is 4. The summed E-state index contributed by atoms with van der Waals surface area (Å²) in [6.07, 6.45) is -8.18. The monoisotopic (exact) mass is 439 g/mol. The number of urea groups is 1. The quantitative estimate of drug-likeness (QED) is 0.0886. The fourth-order valence-electron chi connectivity index (χ4n) is 2.74. The van der Waals surface area contributed by atoms with E-state index >= 15 is 0 Å². The summed E-state index contributed by atoms with van der Waals surface area (Å²) in [6.45, 7) is 7.01. The zero-order chi connectivity index (χ0) is 22.1. The predicted octanol–water partition coefficient (Wildman–Crippen LogP) is 0.149. The van der Waals surface area contributed by atoms with Crippen molar-refractivity contribution in [2.75, 3.05) is 25.6 Å². The molecule has 6 atom stereocenters. The van der Waals surface area contributed by atoms with E-state index in [2.05, 4.69) is 11.9 Å². The van der Waals surface area contributed by atoms with Crippen LogP contribution in [0.3, 0.4) is 0 Å². The summed E-state index contributed by atoms with van der Waals surface area (Å²) in [4.78, 5) is 24.4. The molecule has 1 saturated heterocycles. The number of hydrogen-bond acceptors (Lipinski definition) is 9. The number of alkyl halides is 1. The van der Waals surface area contributed by atoms with E-state index in [1.54, 1.807) is 6.92 Å². The largest absolute Gasteiger partial charge is 0.387 e. The van der Waals surface area contributed by atoms with Gasteiger partial charge in [-0.3, -0.25) is 4.90 Å². The molecular formula is C17H30ClN3O8. The lowest BCUT2D eigenvalue weighted by molar-refractivity contribution is -0.318. The van der Waals surface area contributed by atoms with Crippen LogP contribution in [0.1, 0.15) is 26.7 Å². The third kappa shape index (κ3) is 6.85. The van der Waals surface area contributed by atoms with E-state index in [0.29, 0.717) is 17.0 Å². The molecule has 0 aromatic carbocycles. The number of rotatable bonds is 11. The van der Waals surface area contributed by atoms with Crippen molar-refractivity contribution in [1.82, 2.24) is 9.91 Å². The second-order valence-electron chi connectivity index (χ2n) is 6.84. The zero-order valence-corrected chi connectivity index (χ0v) is 17.3. The van der Waals surface area contributed by atoms with E-state index < -0.39 is 43.0 Å². The number of carbonyl (C=O) groups excluding carboxylic acids is 1. The number of aliphatic hydroxyl groups is 4. The molecule has 11 nitrogen and oxygen atoms in total. The Labute approximate surface area is 174 Å². The van der Waals surface area contributed by atoms with E-state index in [0.717, 1.165) is 11.3 Å². The van der Waals surface area contributed by atoms with Crippen molar-refractivity contribution in [2.24, 2.45) is 5.29 Å². The van der Waals surface area contributed by atoms with Gasteiger partial charge in [0.15, 0.2) is 12.5 Å². The smallest absolute Gasteiger partial charge is 0.345 e. The standard InChI is InChI=1S/C17H30ClN3O8/c1-4-5-8-28-16-13(24)11(22)12(23)14(29-16)15(25)20(9-10(2)3)17(26)21(19-27)7-6-18/h11-16,22-25H,2,4-9H2,1,3H3/t11-,12-,13+,14-,15?,16-/m0/s1. The molecule has 2 amide bonds. The van der Waals surface area contributed by atoms with Gasteiger partial charge in [-0.25, -0.2) is 4.79 Å². The van der Waals surface area contributed by atoms with Gasteiger partial charge in [0.25, 0.3) is 0 Å². The molecule has 0 aliphatic carbocycles. The van der Waals surface area contributed by atoms with Gasteiger partial charge in [0.05, 0.1) is 11.8 Å². The van der Waals surface area contributed by atoms with Crippen LogP contribution in [0.25, 0.3) is 0 Å². The highest BCUT2D eigenvalue weighted by atomic mass is 35.5. The molecule has 1 rings (SSSR count). The highest BCUT2D eigenvalue weighted by molar-refractivity contribution is 6.18. The van der Waals surface area contributed by atoms with Gasteiger partial charge in [0.1, 0.15) is 24.4 Å². The van der Waals surface area contributed by atoms with Gasteiger partial charge in [-0.1, -0.05) is 25.5 Å². The van der Waals surface area contributed by atoms with Crippen LogP contribution in [-0.2, 0) is 9.47 Å². The Morgan fingerprint density at radius 1 is 1.31 bits per heavy atom. The number of halogens is 1. The van der Waals surface area contributed by atoms with E-state index in [4.69, 9.17) is 21.1 Å². The fourth-order valence-corrected chi connectivity index (χ4v) is 2.90. The Hall–Kier alpha value is -1.34. The Balaban J connectivity index is 3.07. The van der Waals surface area contributed by atoms with Crippen molar-refractivity contribution in [3.63, 3.8) is 0 Å². The lowest BCUT2D eigenvalue weighted by atomic mass is 9.97. The number of ether oxygens (including phenoxy) is 2. The highest BCUT2D eigenvalue weighted by Crippen LogP contribution is 2.26. The van der Waals surface area contributed by atoms with Crippen LogP contribution in [0.4, 0.5) is 4.79 Å². The minimum Gasteiger partial charge on any atom is -0.387 e. The third-order valence-corrected chi connectivity index (χ3v) is 4.47. The molecule has 1 aliphatic rings. The molecule has 0 aromatic rings. The SMILES string of the molecule is C=C(C)CN(C(=O)N(CCCl)N=O)C(O)[C@H]1O[C@H](OCCCC)[C@H](O)[C@@H](O)[C@@H]1O. The molecule has 0 saturated carbocycles. The number of nitroso groups, excluding NO2 is 1. The molecule has 4 N–H and O–H groups in total. The van der Waals surface area contributed by atoms with Crippen molar-refractivity contribution in [1.29, 1.82) is 0 Å². The van der Waals surface area contributed by atoms with Crippen molar-refractivity contribution in [2.45, 2.75) is 63.6 Å². The first-order valence-corrected chi connectivity index (χ1v) is 9.84. The summed E-state index contributed by atoms with van der Waals surface area (Å²) < 4.78 is 10.9. The first-order chi connectivity index (χ1) is 13.7. The maximum absolute atomic E-state index is 12.6. The van der Waals surface area contributed by atoms with E-state index in [1.165, 1.54) is 0 Å². The molecule has 1 unspecified atom stereocenters. The molecule has 0 bridgehead atoms. The fraction of sp³-hybridized carbons (Fsp3) is 0.824. The number of unbranched alkanes of at least 4 members (excludes halogenated alkanes) is 1. The lowest BCUT2D eigenvalue weighted by Gasteiger charge is -2.44. The van der Waals surface area contributed by atoms with Gasteiger partial charge < -0.3 is 29.9 Å². The summed E-state index contributed by atoms with van der Waals surface area (Å²) in [5.74, 6) is -0.0741. The van der Waals surface area contributed by atoms with E-state index in [1.807, 2.05) is 6.92 Å². The van der Waals surface area contributed by atoms with Crippen molar-refractivity contribution in [3.8, 4) is 0 Å². The topological polar surface area (TPSA) is 152 Å². The molecule has 1 heterocycles. The Bertz CT molecular complexity index is 555. The third-order valence-electron chi connectivity index (χ3n) is 4.30. The van der Waals surface area contributed by atoms with Crippen LogP contribution in [0.15, 0.2) is 17.4 Å². The second-order valence-corrected chi connectivity index (χ2v) is 7.22. The molecule has 12 heteroatoms. The van der Waals surface area contributed by atoms with Gasteiger partial charge in [-0.2, -0.15) is 5.01 Å². The molecule has 29 heavy (non-hydrogen) atoms. The highest BCUT2D eigenvalue weighted by Gasteiger charge is 2.49. The van der Waals surface area contributed by atoms with Crippen LogP contribution < -0.4 is 0 Å². The molecule has 0 radical (unpaired) electrons. The minimum absolute atomic E-state index is 0.0741. The van der Waals surface area contributed by atoms with Gasteiger partial charge in [0, 0.05) is 19.0 Å². The normalized spacial score (nSPS) is 27.9. The van der Waals surface area contributed by atoms with Gasteiger partial charge in [-0.15, -0.1) is 16.5 Å².